The quantitative estimate of drug-likeness (QED) is 0.300. The summed E-state index contributed by atoms with van der Waals surface area (Å²) in [6.07, 6.45) is 2.66. The molecule has 0 radical (unpaired) electrons. The van der Waals surface area contributed by atoms with E-state index in [4.69, 9.17) is 19.2 Å². The van der Waals surface area contributed by atoms with Crippen LogP contribution in [0.1, 0.15) is 37.8 Å². The largest absolute Gasteiger partial charge is 0.379 e. The molecule has 2 rings (SSSR count). The molecule has 0 spiro atoms. The van der Waals surface area contributed by atoms with Gasteiger partial charge in [0.05, 0.1) is 33.0 Å². The Labute approximate surface area is 170 Å². The number of likely N-dealkylation sites (N-methyl/N-ethyl adjacent to an activating group) is 1. The van der Waals surface area contributed by atoms with Crippen molar-refractivity contribution in [2.24, 2.45) is 10.9 Å². The number of guanidine groups is 1. The number of aliphatic imine (C=N–C) groups is 1. The standard InChI is InChI=1S/C22H37N3O3/c1-4-23-22(25(3)11-12-27-17-19-9-10-19)24-16-20-7-6-8-21(15-20)18-28-14-13-26-5-2/h6-8,15,19H,4-5,9-14,16-18H2,1-3H3,(H,23,24). The maximum Gasteiger partial charge on any atom is 0.194 e. The molecule has 0 heterocycles. The van der Waals surface area contributed by atoms with Crippen molar-refractivity contribution in [3.05, 3.63) is 35.4 Å². The number of nitrogens with zero attached hydrogens (tertiary/aromatic N) is 2. The van der Waals surface area contributed by atoms with E-state index < -0.39 is 0 Å². The van der Waals surface area contributed by atoms with Crippen molar-refractivity contribution in [2.75, 3.05) is 53.2 Å². The molecule has 0 amide bonds. The topological polar surface area (TPSA) is 55.3 Å². The Morgan fingerprint density at radius 1 is 1.11 bits per heavy atom. The average molecular weight is 392 g/mol. The Bertz CT molecular complexity index is 576. The first kappa shape index (κ1) is 22.7. The molecule has 1 aliphatic rings. The van der Waals surface area contributed by atoms with Gasteiger partial charge in [-0.2, -0.15) is 0 Å². The van der Waals surface area contributed by atoms with Crippen LogP contribution < -0.4 is 5.32 Å². The molecule has 158 valence electrons. The molecule has 0 saturated heterocycles. The maximum atomic E-state index is 5.75. The van der Waals surface area contributed by atoms with Gasteiger partial charge < -0.3 is 24.4 Å². The SMILES string of the molecule is CCNC(=NCc1cccc(COCCOCC)c1)N(C)CCOCC1CC1. The minimum Gasteiger partial charge on any atom is -0.379 e. The second-order valence-corrected chi connectivity index (χ2v) is 7.18. The zero-order chi connectivity index (χ0) is 20.0. The molecule has 1 N–H and O–H groups in total. The Kier molecular flexibility index (Phi) is 10.9. The molecule has 1 aliphatic carbocycles. The first-order valence-corrected chi connectivity index (χ1v) is 10.5. The third kappa shape index (κ3) is 9.53. The van der Waals surface area contributed by atoms with Gasteiger partial charge in [0.15, 0.2) is 5.96 Å². The highest BCUT2D eigenvalue weighted by Gasteiger charge is 2.21. The number of rotatable bonds is 14. The Balaban J connectivity index is 1.78. The van der Waals surface area contributed by atoms with Crippen LogP contribution in [-0.4, -0.2) is 64.0 Å². The molecule has 1 aromatic carbocycles. The lowest BCUT2D eigenvalue weighted by atomic mass is 10.1. The van der Waals surface area contributed by atoms with E-state index in [1.165, 1.54) is 18.4 Å². The minimum atomic E-state index is 0.600. The van der Waals surface area contributed by atoms with E-state index in [1.54, 1.807) is 0 Å². The fraction of sp³-hybridized carbons (Fsp3) is 0.682. The molecular formula is C22H37N3O3. The molecule has 1 aromatic rings. The van der Waals surface area contributed by atoms with Crippen molar-refractivity contribution >= 4 is 5.96 Å². The van der Waals surface area contributed by atoms with Gasteiger partial charge in [0.1, 0.15) is 0 Å². The molecule has 6 heteroatoms. The number of ether oxygens (including phenoxy) is 3. The van der Waals surface area contributed by atoms with Crippen molar-refractivity contribution in [2.45, 2.75) is 39.8 Å². The molecule has 0 aliphatic heterocycles. The predicted molar refractivity (Wildman–Crippen MR) is 114 cm³/mol. The smallest absolute Gasteiger partial charge is 0.194 e. The highest BCUT2D eigenvalue weighted by molar-refractivity contribution is 5.79. The first-order chi connectivity index (χ1) is 13.7. The monoisotopic (exact) mass is 391 g/mol. The second kappa shape index (κ2) is 13.5. The van der Waals surface area contributed by atoms with E-state index in [0.29, 0.717) is 26.4 Å². The number of nitrogens with one attached hydrogen (secondary N) is 1. The third-order valence-corrected chi connectivity index (χ3v) is 4.57. The van der Waals surface area contributed by atoms with Crippen LogP contribution in [0.25, 0.3) is 0 Å². The fourth-order valence-electron chi connectivity index (χ4n) is 2.75. The van der Waals surface area contributed by atoms with Gasteiger partial charge in [0.2, 0.25) is 0 Å². The van der Waals surface area contributed by atoms with Gasteiger partial charge in [-0.05, 0) is 43.7 Å². The van der Waals surface area contributed by atoms with Crippen molar-refractivity contribution in [1.29, 1.82) is 0 Å². The molecule has 0 atom stereocenters. The summed E-state index contributed by atoms with van der Waals surface area (Å²) in [6.45, 7) is 10.6. The van der Waals surface area contributed by atoms with E-state index in [0.717, 1.165) is 50.4 Å². The lowest BCUT2D eigenvalue weighted by Gasteiger charge is -2.22. The molecule has 1 fully saturated rings. The van der Waals surface area contributed by atoms with Gasteiger partial charge in [-0.3, -0.25) is 0 Å². The van der Waals surface area contributed by atoms with Crippen LogP contribution in [-0.2, 0) is 27.4 Å². The first-order valence-electron chi connectivity index (χ1n) is 10.5. The lowest BCUT2D eigenvalue weighted by molar-refractivity contribution is 0.0453. The van der Waals surface area contributed by atoms with Gasteiger partial charge in [0.25, 0.3) is 0 Å². The van der Waals surface area contributed by atoms with Gasteiger partial charge in [0, 0.05) is 33.4 Å². The van der Waals surface area contributed by atoms with E-state index in [2.05, 4.69) is 48.5 Å². The summed E-state index contributed by atoms with van der Waals surface area (Å²) in [5, 5.41) is 3.36. The summed E-state index contributed by atoms with van der Waals surface area (Å²) in [4.78, 5) is 6.92. The van der Waals surface area contributed by atoms with Gasteiger partial charge in [-0.15, -0.1) is 0 Å². The van der Waals surface area contributed by atoms with E-state index in [9.17, 15) is 0 Å². The van der Waals surface area contributed by atoms with E-state index in [-0.39, 0.29) is 0 Å². The van der Waals surface area contributed by atoms with Crippen molar-refractivity contribution in [3.8, 4) is 0 Å². The summed E-state index contributed by atoms with van der Waals surface area (Å²) in [5.74, 6) is 1.72. The summed E-state index contributed by atoms with van der Waals surface area (Å²) in [5.41, 5.74) is 2.34. The van der Waals surface area contributed by atoms with Crippen LogP contribution in [0.15, 0.2) is 29.3 Å². The molecule has 1 saturated carbocycles. The minimum absolute atomic E-state index is 0.600. The van der Waals surface area contributed by atoms with Crippen molar-refractivity contribution in [1.82, 2.24) is 10.2 Å². The molecule has 0 unspecified atom stereocenters. The summed E-state index contributed by atoms with van der Waals surface area (Å²) >= 11 is 0. The number of hydrogen-bond donors (Lipinski definition) is 1. The fourth-order valence-corrected chi connectivity index (χ4v) is 2.75. The van der Waals surface area contributed by atoms with E-state index >= 15 is 0 Å². The number of benzene rings is 1. The average Bonchev–Trinajstić information content (AvgIpc) is 3.53. The zero-order valence-corrected chi connectivity index (χ0v) is 17.8. The van der Waals surface area contributed by atoms with Gasteiger partial charge in [-0.25, -0.2) is 4.99 Å². The molecule has 28 heavy (non-hydrogen) atoms. The summed E-state index contributed by atoms with van der Waals surface area (Å²) in [7, 11) is 2.06. The normalized spacial score (nSPS) is 14.3. The lowest BCUT2D eigenvalue weighted by Crippen LogP contribution is -2.40. The van der Waals surface area contributed by atoms with Crippen LogP contribution >= 0.6 is 0 Å². The second-order valence-electron chi connectivity index (χ2n) is 7.18. The Morgan fingerprint density at radius 2 is 1.89 bits per heavy atom. The molecule has 0 aromatic heterocycles. The van der Waals surface area contributed by atoms with Crippen LogP contribution in [0, 0.1) is 5.92 Å². The van der Waals surface area contributed by atoms with Crippen LogP contribution in [0.4, 0.5) is 0 Å². The van der Waals surface area contributed by atoms with E-state index in [1.807, 2.05) is 6.92 Å². The highest BCUT2D eigenvalue weighted by atomic mass is 16.5. The van der Waals surface area contributed by atoms with Crippen LogP contribution in [0.5, 0.6) is 0 Å². The third-order valence-electron chi connectivity index (χ3n) is 4.57. The number of hydrogen-bond acceptors (Lipinski definition) is 4. The zero-order valence-electron chi connectivity index (χ0n) is 17.8. The van der Waals surface area contributed by atoms with Crippen molar-refractivity contribution < 1.29 is 14.2 Å². The van der Waals surface area contributed by atoms with Gasteiger partial charge in [-0.1, -0.05) is 24.3 Å². The summed E-state index contributed by atoms with van der Waals surface area (Å²) < 4.78 is 16.7. The predicted octanol–water partition coefficient (Wildman–Crippen LogP) is 3.06. The van der Waals surface area contributed by atoms with Gasteiger partial charge >= 0.3 is 0 Å². The molecule has 0 bridgehead atoms. The molecule has 6 nitrogen and oxygen atoms in total. The Hall–Kier alpha value is -1.63. The maximum absolute atomic E-state index is 5.75. The van der Waals surface area contributed by atoms with Crippen molar-refractivity contribution in [3.63, 3.8) is 0 Å². The molecular weight excluding hydrogens is 354 g/mol. The van der Waals surface area contributed by atoms with Crippen LogP contribution in [0.2, 0.25) is 0 Å². The Morgan fingerprint density at radius 3 is 2.64 bits per heavy atom. The summed E-state index contributed by atoms with van der Waals surface area (Å²) in [6, 6.07) is 8.42. The highest BCUT2D eigenvalue weighted by Crippen LogP contribution is 2.28. The van der Waals surface area contributed by atoms with Crippen LogP contribution in [0.3, 0.4) is 0 Å².